The number of unbranched alkanes of at least 4 members (excludes halogenated alkanes) is 10. The molecule has 3 heteroatoms. The fraction of sp³-hybridized carbons (Fsp3) is 0.472. The molecule has 0 saturated carbocycles. The number of cyclic esters (lactones) is 1. The van der Waals surface area contributed by atoms with E-state index in [1.165, 1.54) is 88.2 Å². The highest BCUT2D eigenvalue weighted by Gasteiger charge is 2.36. The van der Waals surface area contributed by atoms with Crippen molar-refractivity contribution in [3.8, 4) is 0 Å². The molecule has 0 aromatic heterocycles. The maximum Gasteiger partial charge on any atom is 0.340 e. The van der Waals surface area contributed by atoms with Gasteiger partial charge in [-0.25, -0.2) is 4.79 Å². The Morgan fingerprint density at radius 2 is 1.05 bits per heavy atom. The van der Waals surface area contributed by atoms with Crippen molar-refractivity contribution in [2.24, 2.45) is 0 Å². The zero-order valence-corrected chi connectivity index (χ0v) is 24.2. The Morgan fingerprint density at radius 3 is 1.56 bits per heavy atom. The summed E-state index contributed by atoms with van der Waals surface area (Å²) in [5.74, 6) is -0.250. The number of fused-ring (bicyclic) bond motifs is 1. The third-order valence-electron chi connectivity index (χ3n) is 7.97. The second-order valence-corrected chi connectivity index (χ2v) is 11.1. The van der Waals surface area contributed by atoms with E-state index in [-0.39, 0.29) is 5.97 Å². The minimum atomic E-state index is -0.470. The van der Waals surface area contributed by atoms with E-state index in [1.807, 2.05) is 24.3 Å². The van der Waals surface area contributed by atoms with Gasteiger partial charge in [-0.2, -0.15) is 0 Å². The molecule has 1 unspecified atom stereocenters. The number of nitrogens with zero attached hydrogens (tertiary/aromatic N) is 1. The number of benzene rings is 3. The Labute approximate surface area is 236 Å². The van der Waals surface area contributed by atoms with Crippen LogP contribution in [-0.2, 0) is 17.6 Å². The normalized spacial score (nSPS) is 14.3. The first-order valence-corrected chi connectivity index (χ1v) is 15.5. The number of hydrogen-bond acceptors (Lipinski definition) is 3. The van der Waals surface area contributed by atoms with Crippen molar-refractivity contribution in [2.75, 3.05) is 4.90 Å². The van der Waals surface area contributed by atoms with Gasteiger partial charge in [-0.15, -0.1) is 0 Å². The molecule has 208 valence electrons. The minimum Gasteiger partial charge on any atom is -0.433 e. The molecule has 0 saturated heterocycles. The van der Waals surface area contributed by atoms with Crippen LogP contribution in [0.15, 0.2) is 72.8 Å². The minimum absolute atomic E-state index is 0.250. The van der Waals surface area contributed by atoms with Gasteiger partial charge in [0.15, 0.2) is 0 Å². The molecule has 1 aliphatic rings. The zero-order valence-electron chi connectivity index (χ0n) is 24.2. The van der Waals surface area contributed by atoms with E-state index in [4.69, 9.17) is 4.74 Å². The summed E-state index contributed by atoms with van der Waals surface area (Å²) in [5, 5.41) is 0. The van der Waals surface area contributed by atoms with Gasteiger partial charge in [0.05, 0.1) is 5.56 Å². The number of ether oxygens (including phenoxy) is 1. The third kappa shape index (κ3) is 8.21. The molecule has 3 aromatic carbocycles. The highest BCUT2D eigenvalue weighted by atomic mass is 16.6. The van der Waals surface area contributed by atoms with Gasteiger partial charge in [0.25, 0.3) is 0 Å². The Hall–Kier alpha value is -3.07. The predicted octanol–water partition coefficient (Wildman–Crippen LogP) is 10.5. The van der Waals surface area contributed by atoms with E-state index in [0.717, 1.165) is 29.8 Å². The van der Waals surface area contributed by atoms with Gasteiger partial charge in [0, 0.05) is 16.9 Å². The second-order valence-electron chi connectivity index (χ2n) is 11.1. The standard InChI is InChI=1S/C36H47NO2/c1-3-5-7-9-11-13-17-29-21-25-31(26-22-29)37(35-33-19-15-16-20-34(33)36(38)39-35)32-27-23-30(24-28-32)18-14-12-10-8-6-4-2/h15-16,19-28,35H,3-14,17-18H2,1-2H3. The fourth-order valence-corrected chi connectivity index (χ4v) is 5.60. The lowest BCUT2D eigenvalue weighted by atomic mass is 10.0. The molecule has 0 spiro atoms. The van der Waals surface area contributed by atoms with Crippen LogP contribution in [0.25, 0.3) is 0 Å². The average Bonchev–Trinajstić information content (AvgIpc) is 3.30. The van der Waals surface area contributed by atoms with Crippen LogP contribution in [0.2, 0.25) is 0 Å². The number of carbonyl (C=O) groups excluding carboxylic acids is 1. The van der Waals surface area contributed by atoms with Crippen molar-refractivity contribution in [1.29, 1.82) is 0 Å². The molecule has 3 nitrogen and oxygen atoms in total. The number of aryl methyl sites for hydroxylation is 2. The van der Waals surface area contributed by atoms with Crippen molar-refractivity contribution < 1.29 is 9.53 Å². The van der Waals surface area contributed by atoms with E-state index >= 15 is 0 Å². The highest BCUT2D eigenvalue weighted by molar-refractivity contribution is 5.94. The van der Waals surface area contributed by atoms with Gasteiger partial charge >= 0.3 is 5.97 Å². The lowest BCUT2D eigenvalue weighted by molar-refractivity contribution is 0.0399. The summed E-state index contributed by atoms with van der Waals surface area (Å²) < 4.78 is 5.97. The lowest BCUT2D eigenvalue weighted by Crippen LogP contribution is -2.24. The van der Waals surface area contributed by atoms with Crippen LogP contribution < -0.4 is 4.90 Å². The van der Waals surface area contributed by atoms with Crippen LogP contribution in [0.3, 0.4) is 0 Å². The SMILES string of the molecule is CCCCCCCCc1ccc(N(c2ccc(CCCCCCCC)cc2)C2OC(=O)c3ccccc32)cc1. The monoisotopic (exact) mass is 525 g/mol. The van der Waals surface area contributed by atoms with Crippen molar-refractivity contribution >= 4 is 17.3 Å². The smallest absolute Gasteiger partial charge is 0.340 e. The number of rotatable bonds is 17. The van der Waals surface area contributed by atoms with Crippen LogP contribution in [0, 0.1) is 0 Å². The summed E-state index contributed by atoms with van der Waals surface area (Å²) in [7, 11) is 0. The number of anilines is 2. The Kier molecular flexibility index (Phi) is 11.5. The van der Waals surface area contributed by atoms with Crippen LogP contribution >= 0.6 is 0 Å². The summed E-state index contributed by atoms with van der Waals surface area (Å²) >= 11 is 0. The van der Waals surface area contributed by atoms with E-state index in [1.54, 1.807) is 0 Å². The number of hydrogen-bond donors (Lipinski definition) is 0. The first-order valence-electron chi connectivity index (χ1n) is 15.5. The largest absolute Gasteiger partial charge is 0.433 e. The molecule has 0 N–H and O–H groups in total. The molecule has 0 aliphatic carbocycles. The molecule has 4 rings (SSSR count). The van der Waals surface area contributed by atoms with E-state index in [9.17, 15) is 4.79 Å². The van der Waals surface area contributed by atoms with Gasteiger partial charge in [0.1, 0.15) is 0 Å². The molecule has 0 fully saturated rings. The molecule has 3 aromatic rings. The van der Waals surface area contributed by atoms with Crippen LogP contribution in [0.4, 0.5) is 11.4 Å². The third-order valence-corrected chi connectivity index (χ3v) is 7.97. The van der Waals surface area contributed by atoms with Gasteiger partial charge in [0.2, 0.25) is 6.23 Å². The molecular formula is C36H47NO2. The number of carbonyl (C=O) groups is 1. The first kappa shape index (κ1) is 28.9. The lowest BCUT2D eigenvalue weighted by Gasteiger charge is -2.31. The van der Waals surface area contributed by atoms with E-state index in [0.29, 0.717) is 5.56 Å². The Balaban J connectivity index is 1.47. The van der Waals surface area contributed by atoms with Crippen molar-refractivity contribution in [2.45, 2.75) is 110 Å². The van der Waals surface area contributed by atoms with Crippen LogP contribution in [0.1, 0.15) is 124 Å². The Bertz CT molecular complexity index is 1080. The first-order chi connectivity index (χ1) is 19.2. The van der Waals surface area contributed by atoms with Gasteiger partial charge in [-0.1, -0.05) is 121 Å². The summed E-state index contributed by atoms with van der Waals surface area (Å²) in [6, 6.07) is 25.5. The molecule has 0 bridgehead atoms. The zero-order chi connectivity index (χ0) is 27.3. The maximum absolute atomic E-state index is 12.7. The molecular weight excluding hydrogens is 478 g/mol. The number of esters is 1. The Morgan fingerprint density at radius 1 is 0.590 bits per heavy atom. The van der Waals surface area contributed by atoms with Crippen LogP contribution in [-0.4, -0.2) is 5.97 Å². The van der Waals surface area contributed by atoms with Gasteiger partial charge < -0.3 is 9.64 Å². The summed E-state index contributed by atoms with van der Waals surface area (Å²) in [6.45, 7) is 4.53. The second kappa shape index (κ2) is 15.5. The van der Waals surface area contributed by atoms with Crippen LogP contribution in [0.5, 0.6) is 0 Å². The molecule has 1 heterocycles. The van der Waals surface area contributed by atoms with Gasteiger partial charge in [-0.05, 0) is 67.1 Å². The molecule has 39 heavy (non-hydrogen) atoms. The summed E-state index contributed by atoms with van der Waals surface area (Å²) in [6.07, 6.45) is 17.5. The summed E-state index contributed by atoms with van der Waals surface area (Å²) in [4.78, 5) is 14.9. The topological polar surface area (TPSA) is 29.5 Å². The van der Waals surface area contributed by atoms with E-state index in [2.05, 4.69) is 67.3 Å². The maximum atomic E-state index is 12.7. The van der Waals surface area contributed by atoms with Gasteiger partial charge in [-0.3, -0.25) is 0 Å². The quantitative estimate of drug-likeness (QED) is 0.130. The average molecular weight is 526 g/mol. The summed E-state index contributed by atoms with van der Waals surface area (Å²) in [5.41, 5.74) is 6.40. The molecule has 1 atom stereocenters. The molecule has 0 amide bonds. The molecule has 0 radical (unpaired) electrons. The molecule has 1 aliphatic heterocycles. The van der Waals surface area contributed by atoms with Crippen molar-refractivity contribution in [3.05, 3.63) is 95.1 Å². The van der Waals surface area contributed by atoms with Crippen molar-refractivity contribution in [1.82, 2.24) is 0 Å². The fourth-order valence-electron chi connectivity index (χ4n) is 5.60. The predicted molar refractivity (Wildman–Crippen MR) is 164 cm³/mol. The highest BCUT2D eigenvalue weighted by Crippen LogP contribution is 2.41. The van der Waals surface area contributed by atoms with E-state index < -0.39 is 6.23 Å². The van der Waals surface area contributed by atoms with Crippen molar-refractivity contribution in [3.63, 3.8) is 0 Å².